The summed E-state index contributed by atoms with van der Waals surface area (Å²) in [7, 11) is 0. The number of amides is 1. The van der Waals surface area contributed by atoms with Crippen LogP contribution in [-0.2, 0) is 9.53 Å². The number of nitrogens with one attached hydrogen (secondary N) is 1. The summed E-state index contributed by atoms with van der Waals surface area (Å²) < 4.78 is 37.9. The Morgan fingerprint density at radius 3 is 2.61 bits per heavy atom. The van der Waals surface area contributed by atoms with E-state index in [-0.39, 0.29) is 17.6 Å². The molecule has 2 unspecified atom stereocenters. The monoisotopic (exact) mass is 458 g/mol. The van der Waals surface area contributed by atoms with Crippen molar-refractivity contribution in [2.24, 2.45) is 0 Å². The number of aromatic nitrogens is 2. The van der Waals surface area contributed by atoms with E-state index in [0.29, 0.717) is 19.1 Å². The number of rotatable bonds is 3. The highest BCUT2D eigenvalue weighted by atomic mass is 32.1. The van der Waals surface area contributed by atoms with Crippen LogP contribution in [0.4, 0.5) is 19.1 Å². The lowest BCUT2D eigenvalue weighted by molar-refractivity contribution is -0.192. The van der Waals surface area contributed by atoms with Crippen LogP contribution in [0, 0.1) is 0 Å². The van der Waals surface area contributed by atoms with Crippen molar-refractivity contribution in [2.75, 3.05) is 25.0 Å². The average molecular weight is 458 g/mol. The van der Waals surface area contributed by atoms with Gasteiger partial charge in [0.05, 0.1) is 29.7 Å². The number of anilines is 1. The first kappa shape index (κ1) is 22.9. The molecule has 0 aromatic carbocycles. The minimum Gasteiger partial charge on any atom is -0.475 e. The molecule has 168 valence electrons. The number of thiophene rings is 1. The van der Waals surface area contributed by atoms with E-state index in [1.54, 1.807) is 18.5 Å². The molecular weight excluding hydrogens is 437 g/mol. The van der Waals surface area contributed by atoms with Gasteiger partial charge >= 0.3 is 12.1 Å². The molecule has 8 nitrogen and oxygen atoms in total. The van der Waals surface area contributed by atoms with Crippen LogP contribution in [0.15, 0.2) is 36.0 Å². The van der Waals surface area contributed by atoms with E-state index in [4.69, 9.17) is 14.6 Å². The summed E-state index contributed by atoms with van der Waals surface area (Å²) in [5.74, 6) is -2.01. The molecule has 1 spiro atoms. The smallest absolute Gasteiger partial charge is 0.475 e. The maximum absolute atomic E-state index is 12.6. The summed E-state index contributed by atoms with van der Waals surface area (Å²) in [5.41, 5.74) is -0.238. The van der Waals surface area contributed by atoms with Crippen molar-refractivity contribution >= 4 is 29.2 Å². The van der Waals surface area contributed by atoms with Gasteiger partial charge in [-0.3, -0.25) is 4.79 Å². The maximum Gasteiger partial charge on any atom is 0.490 e. The fourth-order valence-electron chi connectivity index (χ4n) is 3.61. The number of ether oxygens (including phenoxy) is 1. The second-order valence-electron chi connectivity index (χ2n) is 7.22. The Morgan fingerprint density at radius 1 is 1.29 bits per heavy atom. The number of nitrogens with zero attached hydrogens (tertiary/aromatic N) is 3. The predicted octanol–water partition coefficient (Wildman–Crippen LogP) is 3.05. The molecule has 2 aliphatic rings. The molecule has 2 aromatic rings. The lowest BCUT2D eigenvalue weighted by atomic mass is 9.88. The molecule has 4 rings (SSSR count). The van der Waals surface area contributed by atoms with E-state index in [0.717, 1.165) is 30.7 Å². The number of carboxylic acids is 1. The van der Waals surface area contributed by atoms with Gasteiger partial charge < -0.3 is 20.1 Å². The van der Waals surface area contributed by atoms with Gasteiger partial charge in [0.25, 0.3) is 5.91 Å². The van der Waals surface area contributed by atoms with E-state index in [9.17, 15) is 18.0 Å². The molecule has 2 aliphatic heterocycles. The van der Waals surface area contributed by atoms with Gasteiger partial charge in [-0.2, -0.15) is 13.2 Å². The number of aliphatic carboxylic acids is 1. The highest BCUT2D eigenvalue weighted by Gasteiger charge is 2.45. The van der Waals surface area contributed by atoms with Crippen molar-refractivity contribution in [1.29, 1.82) is 0 Å². The molecule has 0 bridgehead atoms. The third-order valence-corrected chi connectivity index (χ3v) is 5.77. The van der Waals surface area contributed by atoms with Gasteiger partial charge in [-0.1, -0.05) is 6.07 Å². The van der Waals surface area contributed by atoms with Crippen LogP contribution in [0.2, 0.25) is 0 Å². The van der Waals surface area contributed by atoms with Crippen molar-refractivity contribution < 1.29 is 32.6 Å². The van der Waals surface area contributed by atoms with E-state index < -0.39 is 12.1 Å². The molecule has 0 saturated carbocycles. The Kier molecular flexibility index (Phi) is 7.11. The standard InChI is InChI=1S/C17H20N4O2S.C2HF3O2/c22-15(14-4-1-9-24-14)21-8-2-5-17(12-21)10-13(11-23-17)20-16-18-6-3-7-19-16;3-2(4,5)1(6)7/h1,3-4,6-7,9,13H,2,5,8,10-12H2,(H,18,19,20);(H,6,7). The Balaban J connectivity index is 0.000000339. The molecular formula is C19H21F3N4O4S. The van der Waals surface area contributed by atoms with E-state index in [1.807, 2.05) is 22.4 Å². The van der Waals surface area contributed by atoms with Crippen molar-refractivity contribution in [3.05, 3.63) is 40.8 Å². The zero-order valence-electron chi connectivity index (χ0n) is 16.3. The summed E-state index contributed by atoms with van der Waals surface area (Å²) in [4.78, 5) is 32.7. The second kappa shape index (κ2) is 9.60. The number of carbonyl (C=O) groups is 2. The SMILES string of the molecule is O=C(O)C(F)(F)F.O=C(c1cccs1)N1CCCC2(CC(Nc3ncccn3)CO2)C1. The minimum atomic E-state index is -5.08. The van der Waals surface area contributed by atoms with Gasteiger partial charge in [0.15, 0.2) is 0 Å². The Morgan fingerprint density at radius 2 is 2.00 bits per heavy atom. The molecule has 12 heteroatoms. The van der Waals surface area contributed by atoms with E-state index in [2.05, 4.69) is 15.3 Å². The first-order chi connectivity index (χ1) is 14.7. The number of carbonyl (C=O) groups excluding carboxylic acids is 1. The molecule has 31 heavy (non-hydrogen) atoms. The predicted molar refractivity (Wildman–Crippen MR) is 106 cm³/mol. The number of halogens is 3. The highest BCUT2D eigenvalue weighted by Crippen LogP contribution is 2.36. The Hall–Kier alpha value is -2.73. The second-order valence-corrected chi connectivity index (χ2v) is 8.17. The molecule has 2 atom stereocenters. The lowest BCUT2D eigenvalue weighted by Gasteiger charge is -2.39. The van der Waals surface area contributed by atoms with Crippen molar-refractivity contribution in [3.63, 3.8) is 0 Å². The van der Waals surface area contributed by atoms with Gasteiger partial charge in [0, 0.05) is 25.4 Å². The zero-order chi connectivity index (χ0) is 22.5. The zero-order valence-corrected chi connectivity index (χ0v) is 17.2. The van der Waals surface area contributed by atoms with Gasteiger partial charge in [0.2, 0.25) is 5.95 Å². The summed E-state index contributed by atoms with van der Waals surface area (Å²) >= 11 is 1.50. The van der Waals surface area contributed by atoms with Gasteiger partial charge in [0.1, 0.15) is 0 Å². The highest BCUT2D eigenvalue weighted by molar-refractivity contribution is 7.12. The minimum absolute atomic E-state index is 0.121. The molecule has 2 fully saturated rings. The first-order valence-electron chi connectivity index (χ1n) is 9.49. The van der Waals surface area contributed by atoms with Crippen LogP contribution in [0.5, 0.6) is 0 Å². The third-order valence-electron chi connectivity index (χ3n) is 4.91. The Bertz CT molecular complexity index is 882. The number of piperidine rings is 1. The van der Waals surface area contributed by atoms with Gasteiger partial charge in [-0.25, -0.2) is 14.8 Å². The number of carboxylic acid groups (broad SMARTS) is 1. The Labute approximate surface area is 180 Å². The van der Waals surface area contributed by atoms with Crippen LogP contribution >= 0.6 is 11.3 Å². The van der Waals surface area contributed by atoms with Crippen molar-refractivity contribution in [3.8, 4) is 0 Å². The van der Waals surface area contributed by atoms with Crippen molar-refractivity contribution in [1.82, 2.24) is 14.9 Å². The molecule has 0 aliphatic carbocycles. The van der Waals surface area contributed by atoms with Crippen LogP contribution in [-0.4, -0.2) is 69.4 Å². The largest absolute Gasteiger partial charge is 0.490 e. The summed E-state index contributed by atoms with van der Waals surface area (Å²) in [6.45, 7) is 2.10. The summed E-state index contributed by atoms with van der Waals surface area (Å²) in [6, 6.07) is 5.79. The fourth-order valence-corrected chi connectivity index (χ4v) is 4.30. The normalized spacial score (nSPS) is 23.2. The molecule has 1 amide bonds. The van der Waals surface area contributed by atoms with E-state index >= 15 is 0 Å². The maximum atomic E-state index is 12.6. The van der Waals surface area contributed by atoms with Crippen LogP contribution in [0.3, 0.4) is 0 Å². The first-order valence-corrected chi connectivity index (χ1v) is 10.4. The fraction of sp³-hybridized carbons (Fsp3) is 0.474. The van der Waals surface area contributed by atoms with Crippen LogP contribution < -0.4 is 5.32 Å². The number of hydrogen-bond acceptors (Lipinski definition) is 7. The molecule has 0 radical (unpaired) electrons. The topological polar surface area (TPSA) is 105 Å². The quantitative estimate of drug-likeness (QED) is 0.729. The molecule has 4 heterocycles. The van der Waals surface area contributed by atoms with Crippen molar-refractivity contribution in [2.45, 2.75) is 37.1 Å². The number of alkyl halides is 3. The van der Waals surface area contributed by atoms with Gasteiger partial charge in [-0.05, 0) is 30.4 Å². The number of likely N-dealkylation sites (tertiary alicyclic amines) is 1. The van der Waals surface area contributed by atoms with Gasteiger partial charge in [-0.15, -0.1) is 11.3 Å². The summed E-state index contributed by atoms with van der Waals surface area (Å²) in [6.07, 6.45) is 1.21. The molecule has 2 N–H and O–H groups in total. The van der Waals surface area contributed by atoms with Crippen LogP contribution in [0.1, 0.15) is 28.9 Å². The average Bonchev–Trinajstić information content (AvgIpc) is 3.39. The molecule has 2 aromatic heterocycles. The van der Waals surface area contributed by atoms with E-state index in [1.165, 1.54) is 11.3 Å². The summed E-state index contributed by atoms with van der Waals surface area (Å²) in [5, 5.41) is 12.4. The number of hydrogen-bond donors (Lipinski definition) is 2. The van der Waals surface area contributed by atoms with Crippen LogP contribution in [0.25, 0.3) is 0 Å². The molecule has 2 saturated heterocycles. The third kappa shape index (κ3) is 6.14. The lowest BCUT2D eigenvalue weighted by Crippen LogP contribution is -2.50.